The first-order valence-electron chi connectivity index (χ1n) is 18.8. The molecule has 7 rings (SSSR count). The molecular formula is C40H49ClN6O6S. The molecule has 6 atom stereocenters. The van der Waals surface area contributed by atoms with E-state index in [1.165, 1.54) is 22.2 Å². The second-order valence-corrected chi connectivity index (χ2v) is 18.0. The lowest BCUT2D eigenvalue weighted by molar-refractivity contribution is 0.0140. The standard InChI is InChI=1S/C40H49ClN6O6S/c1-5-47-22-30(20-42-47)38(49)44-54(51)23-26(2)8-6-10-35(53-39(50)45(3)4)32-14-11-29(32)21-46-24-40(17-7-9-27-18-31(41)13-15-33(27)40)25-52-36-16-12-28(19-34(36)46)37(48)43-54/h6,10,12-13,15-16,18-20,22,26,29,32,35H,5,7-9,11,14,17,21,23-25H2,1-4H3,(H,43,44,48,49,51)/b10-6+/t26-,29-,32+,35-,40-,54-/m0/s1. The van der Waals surface area contributed by atoms with Gasteiger partial charge in [0.1, 0.15) is 21.8 Å². The molecule has 12 nitrogen and oxygen atoms in total. The van der Waals surface area contributed by atoms with Crippen LogP contribution in [0, 0.1) is 17.8 Å². The smallest absolute Gasteiger partial charge is 0.409 e. The summed E-state index contributed by atoms with van der Waals surface area (Å²) in [4.78, 5) is 44.1. The molecule has 1 aromatic heterocycles. The molecule has 3 heterocycles. The van der Waals surface area contributed by atoms with Gasteiger partial charge >= 0.3 is 6.09 Å². The minimum absolute atomic E-state index is 0.0711. The van der Waals surface area contributed by atoms with Gasteiger partial charge in [0.25, 0.3) is 11.8 Å². The summed E-state index contributed by atoms with van der Waals surface area (Å²) in [7, 11) is -0.262. The summed E-state index contributed by atoms with van der Waals surface area (Å²) in [5.74, 6) is -0.714. The van der Waals surface area contributed by atoms with E-state index < -0.39 is 33.9 Å². The van der Waals surface area contributed by atoms with E-state index in [4.69, 9.17) is 21.1 Å². The number of hydrogen-bond acceptors (Lipinski definition) is 8. The van der Waals surface area contributed by atoms with Gasteiger partial charge in [0.15, 0.2) is 0 Å². The molecule has 54 heavy (non-hydrogen) atoms. The highest BCUT2D eigenvalue weighted by Gasteiger charge is 2.45. The average molecular weight is 777 g/mol. The molecule has 2 bridgehead atoms. The zero-order valence-electron chi connectivity index (χ0n) is 31.3. The average Bonchev–Trinajstić information content (AvgIpc) is 3.55. The van der Waals surface area contributed by atoms with Gasteiger partial charge < -0.3 is 19.3 Å². The van der Waals surface area contributed by atoms with E-state index in [1.807, 2.05) is 32.1 Å². The van der Waals surface area contributed by atoms with E-state index in [2.05, 4.69) is 31.2 Å². The Labute approximate surface area is 322 Å². The number of amides is 3. The van der Waals surface area contributed by atoms with Crippen LogP contribution in [0.25, 0.3) is 0 Å². The number of fused-ring (bicyclic) bond motifs is 4. The van der Waals surface area contributed by atoms with Gasteiger partial charge in [0.2, 0.25) is 0 Å². The second-order valence-electron chi connectivity index (χ2n) is 15.5. The number of anilines is 1. The molecule has 2 aliphatic heterocycles. The SMILES string of the molecule is CCn1cc(C(=O)N[S@@]2(=O)=NC(=O)c3ccc4c(c3)N(C[C@@H]3CC[C@H]3[C@@H](OC(=O)N(C)C)/C=C/C[C@H](C)C2)C[C@@]2(CCCc3cc(Cl)ccc32)CO4)cn1. The molecule has 4 aliphatic rings. The molecular weight excluding hydrogens is 728 g/mol. The second kappa shape index (κ2) is 15.4. The number of aromatic nitrogens is 2. The van der Waals surface area contributed by atoms with Crippen LogP contribution < -0.4 is 14.4 Å². The minimum atomic E-state index is -3.61. The van der Waals surface area contributed by atoms with Crippen LogP contribution in [0.2, 0.25) is 5.02 Å². The summed E-state index contributed by atoms with van der Waals surface area (Å²) in [5.41, 5.74) is 3.34. The number of carbonyl (C=O) groups is 3. The number of rotatable bonds is 4. The Kier molecular flexibility index (Phi) is 10.8. The molecule has 0 saturated heterocycles. The quantitative estimate of drug-likeness (QED) is 0.291. The number of carbonyl (C=O) groups excluding carboxylic acids is 3. The number of nitrogens with zero attached hydrogens (tertiary/aromatic N) is 5. The zero-order chi connectivity index (χ0) is 38.2. The van der Waals surface area contributed by atoms with Gasteiger partial charge in [-0.2, -0.15) is 5.10 Å². The summed E-state index contributed by atoms with van der Waals surface area (Å²) < 4.78 is 35.8. The molecule has 1 spiro atoms. The fraction of sp³-hybridized carbons (Fsp3) is 0.500. The van der Waals surface area contributed by atoms with Crippen molar-refractivity contribution < 1.29 is 28.1 Å². The van der Waals surface area contributed by atoms with Crippen LogP contribution in [0.4, 0.5) is 10.5 Å². The number of nitrogens with one attached hydrogen (secondary N) is 1. The van der Waals surface area contributed by atoms with Gasteiger partial charge in [-0.25, -0.2) is 9.00 Å². The Bertz CT molecular complexity index is 2090. The first kappa shape index (κ1) is 37.9. The topological polar surface area (TPSA) is 135 Å². The molecule has 0 radical (unpaired) electrons. The number of ether oxygens (including phenoxy) is 2. The van der Waals surface area contributed by atoms with Crippen LogP contribution in [0.15, 0.2) is 65.3 Å². The predicted molar refractivity (Wildman–Crippen MR) is 208 cm³/mol. The molecule has 3 aromatic rings. The molecule has 0 unspecified atom stereocenters. The van der Waals surface area contributed by atoms with E-state index in [1.54, 1.807) is 43.2 Å². The van der Waals surface area contributed by atoms with Crippen LogP contribution in [0.1, 0.15) is 77.8 Å². The van der Waals surface area contributed by atoms with Gasteiger partial charge in [0.05, 0.1) is 29.8 Å². The highest BCUT2D eigenvalue weighted by atomic mass is 35.5. The fourth-order valence-electron chi connectivity index (χ4n) is 8.32. The predicted octanol–water partition coefficient (Wildman–Crippen LogP) is 6.67. The first-order valence-corrected chi connectivity index (χ1v) is 20.9. The van der Waals surface area contributed by atoms with Gasteiger partial charge in [-0.05, 0) is 105 Å². The molecule has 14 heteroatoms. The minimum Gasteiger partial charge on any atom is -0.490 e. The molecule has 1 N–H and O–H groups in total. The normalized spacial score (nSPS) is 28.6. The summed E-state index contributed by atoms with van der Waals surface area (Å²) >= 11 is 6.47. The maximum absolute atomic E-state index is 14.6. The van der Waals surface area contributed by atoms with Crippen LogP contribution in [-0.4, -0.2) is 82.4 Å². The highest BCUT2D eigenvalue weighted by molar-refractivity contribution is 7.92. The third-order valence-electron chi connectivity index (χ3n) is 11.3. The van der Waals surface area contributed by atoms with Crippen LogP contribution in [0.3, 0.4) is 0 Å². The Morgan fingerprint density at radius 1 is 1.19 bits per heavy atom. The molecule has 1 fully saturated rings. The van der Waals surface area contributed by atoms with Crippen molar-refractivity contribution in [3.8, 4) is 5.75 Å². The monoisotopic (exact) mass is 776 g/mol. The van der Waals surface area contributed by atoms with Gasteiger partial charge in [-0.3, -0.25) is 19.0 Å². The molecule has 1 saturated carbocycles. The van der Waals surface area contributed by atoms with Gasteiger partial charge in [-0.1, -0.05) is 30.7 Å². The maximum atomic E-state index is 14.6. The van der Waals surface area contributed by atoms with Gasteiger partial charge in [-0.15, -0.1) is 4.36 Å². The maximum Gasteiger partial charge on any atom is 0.409 e. The largest absolute Gasteiger partial charge is 0.490 e. The van der Waals surface area contributed by atoms with Crippen molar-refractivity contribution >= 4 is 45.1 Å². The lowest BCUT2D eigenvalue weighted by atomic mass is 9.68. The lowest BCUT2D eigenvalue weighted by Gasteiger charge is -2.46. The molecule has 3 amide bonds. The summed E-state index contributed by atoms with van der Waals surface area (Å²) in [5, 5.41) is 4.88. The lowest BCUT2D eigenvalue weighted by Crippen LogP contribution is -2.50. The molecule has 2 aromatic carbocycles. The van der Waals surface area contributed by atoms with Crippen LogP contribution in [-0.2, 0) is 33.0 Å². The Morgan fingerprint density at radius 2 is 2.02 bits per heavy atom. The van der Waals surface area contributed by atoms with Crippen molar-refractivity contribution in [2.24, 2.45) is 22.1 Å². The highest BCUT2D eigenvalue weighted by Crippen LogP contribution is 2.47. The van der Waals surface area contributed by atoms with E-state index in [0.29, 0.717) is 43.4 Å². The fourth-order valence-corrected chi connectivity index (χ4v) is 10.4. The number of benzene rings is 2. The molecule has 2 aliphatic carbocycles. The van der Waals surface area contributed by atoms with Crippen LogP contribution in [0.5, 0.6) is 5.75 Å². The van der Waals surface area contributed by atoms with Crippen molar-refractivity contribution in [1.82, 2.24) is 19.4 Å². The first-order chi connectivity index (χ1) is 25.8. The summed E-state index contributed by atoms with van der Waals surface area (Å²) in [6, 6.07) is 11.4. The zero-order valence-corrected chi connectivity index (χ0v) is 32.9. The van der Waals surface area contributed by atoms with Crippen molar-refractivity contribution in [3.05, 3.63) is 88.2 Å². The molecule has 288 valence electrons. The van der Waals surface area contributed by atoms with Crippen molar-refractivity contribution in [2.75, 3.05) is 44.4 Å². The van der Waals surface area contributed by atoms with Crippen molar-refractivity contribution in [3.63, 3.8) is 0 Å². The van der Waals surface area contributed by atoms with Gasteiger partial charge in [0, 0.05) is 61.8 Å². The number of aryl methyl sites for hydroxylation is 2. The van der Waals surface area contributed by atoms with Crippen molar-refractivity contribution in [1.29, 1.82) is 0 Å². The number of allylic oxidation sites excluding steroid dienone is 1. The summed E-state index contributed by atoms with van der Waals surface area (Å²) in [6.07, 6.45) is 11.2. The third kappa shape index (κ3) is 7.89. The van der Waals surface area contributed by atoms with E-state index in [-0.39, 0.29) is 40.0 Å². The Balaban J connectivity index is 1.31. The number of halogens is 1. The Morgan fingerprint density at radius 3 is 2.76 bits per heavy atom. The third-order valence-corrected chi connectivity index (χ3v) is 13.5. The summed E-state index contributed by atoms with van der Waals surface area (Å²) in [6.45, 7) is 6.09. The van der Waals surface area contributed by atoms with E-state index in [9.17, 15) is 18.6 Å². The van der Waals surface area contributed by atoms with Crippen molar-refractivity contribution in [2.45, 2.75) is 70.4 Å². The van der Waals surface area contributed by atoms with Crippen LogP contribution >= 0.6 is 11.6 Å². The van der Waals surface area contributed by atoms with E-state index in [0.717, 1.165) is 37.8 Å². The van der Waals surface area contributed by atoms with E-state index >= 15 is 0 Å². The number of hydrogen-bond donors (Lipinski definition) is 1. The Hall–Kier alpha value is -4.36.